The standard InChI is InChI=1S/C21H17FN4O/c22-17-5-3-4-16-12-24-26(20(16)17)13-14-8-10-15(11-9-14)21(27)25-19-7-2-1-6-18(19)23/h1-12H,13,23H2,(H,25,27). The summed E-state index contributed by atoms with van der Waals surface area (Å²) in [6.07, 6.45) is 1.64. The largest absolute Gasteiger partial charge is 0.397 e. The van der Waals surface area contributed by atoms with Gasteiger partial charge in [0.2, 0.25) is 0 Å². The van der Waals surface area contributed by atoms with E-state index in [-0.39, 0.29) is 11.7 Å². The molecule has 0 saturated carbocycles. The number of anilines is 2. The van der Waals surface area contributed by atoms with E-state index in [1.54, 1.807) is 41.2 Å². The molecule has 4 aromatic rings. The topological polar surface area (TPSA) is 72.9 Å². The number of halogens is 1. The van der Waals surface area contributed by atoms with E-state index in [0.717, 1.165) is 10.9 Å². The Bertz CT molecular complexity index is 1120. The summed E-state index contributed by atoms with van der Waals surface area (Å²) in [5, 5.41) is 7.81. The molecule has 0 saturated heterocycles. The molecule has 0 aliphatic heterocycles. The van der Waals surface area contributed by atoms with Crippen LogP contribution >= 0.6 is 0 Å². The Hall–Kier alpha value is -3.67. The molecular formula is C21H17FN4O. The molecule has 5 nitrogen and oxygen atoms in total. The maximum atomic E-state index is 14.1. The van der Waals surface area contributed by atoms with Crippen LogP contribution in [0.15, 0.2) is 72.9 Å². The molecule has 0 aliphatic carbocycles. The second kappa shape index (κ2) is 6.92. The molecule has 3 aromatic carbocycles. The average Bonchev–Trinajstić information content (AvgIpc) is 3.08. The average molecular weight is 360 g/mol. The third-order valence-corrected chi connectivity index (χ3v) is 4.37. The molecule has 1 heterocycles. The van der Waals surface area contributed by atoms with Crippen LogP contribution in [-0.2, 0) is 6.54 Å². The molecule has 0 unspecified atom stereocenters. The summed E-state index contributed by atoms with van der Waals surface area (Å²) in [6, 6.07) is 19.1. The summed E-state index contributed by atoms with van der Waals surface area (Å²) in [7, 11) is 0. The monoisotopic (exact) mass is 360 g/mol. The van der Waals surface area contributed by atoms with Crippen LogP contribution in [0.4, 0.5) is 15.8 Å². The number of carbonyl (C=O) groups excluding carboxylic acids is 1. The molecule has 4 rings (SSSR count). The van der Waals surface area contributed by atoms with Crippen molar-refractivity contribution in [3.63, 3.8) is 0 Å². The highest BCUT2D eigenvalue weighted by Crippen LogP contribution is 2.20. The maximum absolute atomic E-state index is 14.1. The first kappa shape index (κ1) is 16.8. The number of hydrogen-bond donors (Lipinski definition) is 2. The lowest BCUT2D eigenvalue weighted by atomic mass is 10.1. The number of fused-ring (bicyclic) bond motifs is 1. The van der Waals surface area contributed by atoms with Gasteiger partial charge in [0.1, 0.15) is 11.3 Å². The number of carbonyl (C=O) groups is 1. The quantitative estimate of drug-likeness (QED) is 0.539. The van der Waals surface area contributed by atoms with Crippen LogP contribution in [0, 0.1) is 5.82 Å². The minimum Gasteiger partial charge on any atom is -0.397 e. The first-order chi connectivity index (χ1) is 13.1. The van der Waals surface area contributed by atoms with Crippen molar-refractivity contribution >= 4 is 28.2 Å². The van der Waals surface area contributed by atoms with Crippen LogP contribution in [0.1, 0.15) is 15.9 Å². The number of amides is 1. The lowest BCUT2D eigenvalue weighted by molar-refractivity contribution is 0.102. The van der Waals surface area contributed by atoms with Gasteiger partial charge >= 0.3 is 0 Å². The number of para-hydroxylation sites is 3. The van der Waals surface area contributed by atoms with Gasteiger partial charge in [-0.2, -0.15) is 5.10 Å². The number of nitrogens with two attached hydrogens (primary N) is 1. The van der Waals surface area contributed by atoms with Crippen molar-refractivity contribution in [1.82, 2.24) is 9.78 Å². The van der Waals surface area contributed by atoms with Gasteiger partial charge in [-0.3, -0.25) is 9.48 Å². The van der Waals surface area contributed by atoms with Gasteiger partial charge in [0.05, 0.1) is 24.1 Å². The minimum atomic E-state index is -0.304. The summed E-state index contributed by atoms with van der Waals surface area (Å²) in [5.41, 5.74) is 8.83. The number of hydrogen-bond acceptors (Lipinski definition) is 3. The predicted octanol–water partition coefficient (Wildman–Crippen LogP) is 4.06. The van der Waals surface area contributed by atoms with E-state index in [1.807, 2.05) is 30.3 Å². The molecule has 134 valence electrons. The van der Waals surface area contributed by atoms with Gasteiger partial charge < -0.3 is 11.1 Å². The number of rotatable bonds is 4. The van der Waals surface area contributed by atoms with E-state index in [1.165, 1.54) is 6.07 Å². The van der Waals surface area contributed by atoms with Crippen molar-refractivity contribution in [2.24, 2.45) is 0 Å². The normalized spacial score (nSPS) is 10.9. The predicted molar refractivity (Wildman–Crippen MR) is 104 cm³/mol. The Morgan fingerprint density at radius 1 is 1.04 bits per heavy atom. The molecule has 0 aliphatic rings. The third-order valence-electron chi connectivity index (χ3n) is 4.37. The fourth-order valence-electron chi connectivity index (χ4n) is 2.96. The number of nitrogens with one attached hydrogen (secondary N) is 1. The lowest BCUT2D eigenvalue weighted by Gasteiger charge is -2.09. The van der Waals surface area contributed by atoms with Gasteiger partial charge in [-0.25, -0.2) is 4.39 Å². The number of nitrogen functional groups attached to an aromatic ring is 1. The molecule has 0 atom stereocenters. The van der Waals surface area contributed by atoms with Gasteiger partial charge in [0.15, 0.2) is 0 Å². The van der Waals surface area contributed by atoms with E-state index in [2.05, 4.69) is 10.4 Å². The van der Waals surface area contributed by atoms with Gasteiger partial charge in [-0.05, 0) is 35.9 Å². The molecule has 0 spiro atoms. The van der Waals surface area contributed by atoms with Crippen molar-refractivity contribution in [1.29, 1.82) is 0 Å². The highest BCUT2D eigenvalue weighted by molar-refractivity contribution is 6.05. The summed E-state index contributed by atoms with van der Waals surface area (Å²) in [5.74, 6) is -0.545. The lowest BCUT2D eigenvalue weighted by Crippen LogP contribution is -2.13. The second-order valence-corrected chi connectivity index (χ2v) is 6.22. The summed E-state index contributed by atoms with van der Waals surface area (Å²) in [6.45, 7) is 0.415. The minimum absolute atomic E-state index is 0.241. The molecule has 3 N–H and O–H groups in total. The molecule has 27 heavy (non-hydrogen) atoms. The SMILES string of the molecule is Nc1ccccc1NC(=O)c1ccc(Cn2ncc3cccc(F)c32)cc1. The van der Waals surface area contributed by atoms with Crippen LogP contribution < -0.4 is 11.1 Å². The van der Waals surface area contributed by atoms with Crippen LogP contribution in [0.5, 0.6) is 0 Å². The number of nitrogens with zero attached hydrogens (tertiary/aromatic N) is 2. The van der Waals surface area contributed by atoms with Crippen molar-refractivity contribution < 1.29 is 9.18 Å². The zero-order chi connectivity index (χ0) is 18.8. The van der Waals surface area contributed by atoms with Crippen molar-refractivity contribution in [2.75, 3.05) is 11.1 Å². The molecule has 6 heteroatoms. The van der Waals surface area contributed by atoms with Crippen molar-refractivity contribution in [3.05, 3.63) is 89.9 Å². The fraction of sp³-hybridized carbons (Fsp3) is 0.0476. The van der Waals surface area contributed by atoms with Crippen molar-refractivity contribution in [3.8, 4) is 0 Å². The van der Waals surface area contributed by atoms with Gasteiger partial charge in [-0.1, -0.05) is 36.4 Å². The van der Waals surface area contributed by atoms with Crippen LogP contribution in [0.3, 0.4) is 0 Å². The number of aromatic nitrogens is 2. The van der Waals surface area contributed by atoms with E-state index in [4.69, 9.17) is 5.73 Å². The molecule has 1 aromatic heterocycles. The molecule has 0 bridgehead atoms. The molecular weight excluding hydrogens is 343 g/mol. The van der Waals surface area contributed by atoms with E-state index >= 15 is 0 Å². The van der Waals surface area contributed by atoms with E-state index in [9.17, 15) is 9.18 Å². The number of benzene rings is 3. The molecule has 1 amide bonds. The Labute approximate surface area is 155 Å². The van der Waals surface area contributed by atoms with E-state index < -0.39 is 0 Å². The first-order valence-electron chi connectivity index (χ1n) is 8.46. The zero-order valence-corrected chi connectivity index (χ0v) is 14.4. The van der Waals surface area contributed by atoms with Crippen LogP contribution in [0.2, 0.25) is 0 Å². The van der Waals surface area contributed by atoms with Gasteiger partial charge in [-0.15, -0.1) is 0 Å². The van der Waals surface area contributed by atoms with Crippen LogP contribution in [0.25, 0.3) is 10.9 Å². The summed E-state index contributed by atoms with van der Waals surface area (Å²) >= 11 is 0. The summed E-state index contributed by atoms with van der Waals surface area (Å²) in [4.78, 5) is 12.4. The Morgan fingerprint density at radius 2 is 1.81 bits per heavy atom. The maximum Gasteiger partial charge on any atom is 0.255 e. The third kappa shape index (κ3) is 3.37. The van der Waals surface area contributed by atoms with E-state index in [0.29, 0.717) is 29.0 Å². The zero-order valence-electron chi connectivity index (χ0n) is 14.4. The highest BCUT2D eigenvalue weighted by atomic mass is 19.1. The molecule has 0 fully saturated rings. The van der Waals surface area contributed by atoms with Gasteiger partial charge in [0.25, 0.3) is 5.91 Å². The summed E-state index contributed by atoms with van der Waals surface area (Å²) < 4.78 is 15.7. The van der Waals surface area contributed by atoms with Gasteiger partial charge in [0, 0.05) is 10.9 Å². The second-order valence-electron chi connectivity index (χ2n) is 6.22. The fourth-order valence-corrected chi connectivity index (χ4v) is 2.96. The van der Waals surface area contributed by atoms with Crippen molar-refractivity contribution in [2.45, 2.75) is 6.54 Å². The highest BCUT2D eigenvalue weighted by Gasteiger charge is 2.10. The Morgan fingerprint density at radius 3 is 2.59 bits per heavy atom. The molecule has 0 radical (unpaired) electrons. The Balaban J connectivity index is 1.52. The smallest absolute Gasteiger partial charge is 0.255 e. The Kier molecular flexibility index (Phi) is 4.30. The first-order valence-corrected chi connectivity index (χ1v) is 8.46. The van der Waals surface area contributed by atoms with Crippen LogP contribution in [-0.4, -0.2) is 15.7 Å².